The average Bonchev–Trinajstić information content (AvgIpc) is 2.97. The number of nitrogens with zero attached hydrogens (tertiary/aromatic N) is 2. The Bertz CT molecular complexity index is 1180. The van der Waals surface area contributed by atoms with Gasteiger partial charge in [-0.2, -0.15) is 0 Å². The topological polar surface area (TPSA) is 104 Å². The Kier molecular flexibility index (Phi) is 7.58. The van der Waals surface area contributed by atoms with Crippen LogP contribution in [0.25, 0.3) is 0 Å². The fourth-order valence-corrected chi connectivity index (χ4v) is 5.45. The molecule has 2 atom stereocenters. The van der Waals surface area contributed by atoms with Crippen molar-refractivity contribution in [1.82, 2.24) is 14.5 Å². The first-order chi connectivity index (χ1) is 15.6. The molecule has 3 rings (SSSR count). The number of nitrogens with one attached hydrogen (secondary N) is 1. The number of fused-ring (bicyclic) bond motifs is 1. The van der Waals surface area contributed by atoms with Crippen molar-refractivity contribution < 1.29 is 22.8 Å². The second kappa shape index (κ2) is 10.0. The minimum Gasteiger partial charge on any atom is -0.352 e. The molecule has 33 heavy (non-hydrogen) atoms. The Labute approximate surface area is 202 Å². The molecule has 3 amide bonds. The molecule has 0 saturated carbocycles. The fourth-order valence-electron chi connectivity index (χ4n) is 3.48. The van der Waals surface area contributed by atoms with Crippen molar-refractivity contribution in [3.05, 3.63) is 64.1 Å². The summed E-state index contributed by atoms with van der Waals surface area (Å²) in [5.41, 5.74) is 0.784. The van der Waals surface area contributed by atoms with Gasteiger partial charge in [-0.25, -0.2) is 12.7 Å². The number of rotatable bonds is 8. The average molecular weight is 536 g/mol. The molecule has 0 aromatic heterocycles. The van der Waals surface area contributed by atoms with Crippen LogP contribution in [0.3, 0.4) is 0 Å². The summed E-state index contributed by atoms with van der Waals surface area (Å²) < 4.78 is 27.2. The van der Waals surface area contributed by atoms with Crippen molar-refractivity contribution in [1.29, 1.82) is 0 Å². The van der Waals surface area contributed by atoms with Gasteiger partial charge in [0.15, 0.2) is 0 Å². The molecule has 1 heterocycles. The zero-order valence-corrected chi connectivity index (χ0v) is 21.0. The standard InChI is InChI=1S/C23H26BrN3O5S/c1-4-15(2)25-22(29)16(3)26(13-17-8-7-9-18(24)12-17)21(28)14-27-23(30)19-10-5-6-11-20(19)33(27,31)32/h5-12,15-16H,4,13-14H2,1-3H3,(H,25,29)/t15-,16-/m0/s1. The number of benzene rings is 2. The van der Waals surface area contributed by atoms with Gasteiger partial charge in [0.25, 0.3) is 15.9 Å². The number of hydrogen-bond acceptors (Lipinski definition) is 5. The molecule has 8 nitrogen and oxygen atoms in total. The Morgan fingerprint density at radius 2 is 1.82 bits per heavy atom. The Balaban J connectivity index is 1.89. The number of sulfonamides is 1. The lowest BCUT2D eigenvalue weighted by atomic mass is 10.1. The van der Waals surface area contributed by atoms with E-state index in [1.165, 1.54) is 23.1 Å². The van der Waals surface area contributed by atoms with Gasteiger partial charge in [0, 0.05) is 17.1 Å². The van der Waals surface area contributed by atoms with Crippen LogP contribution in [-0.4, -0.2) is 54.0 Å². The van der Waals surface area contributed by atoms with Crippen LogP contribution in [0, 0.1) is 0 Å². The van der Waals surface area contributed by atoms with E-state index < -0.39 is 34.4 Å². The van der Waals surface area contributed by atoms with E-state index >= 15 is 0 Å². The summed E-state index contributed by atoms with van der Waals surface area (Å²) in [6, 6.07) is 12.1. The molecule has 0 radical (unpaired) electrons. The normalized spacial score (nSPS) is 16.1. The lowest BCUT2D eigenvalue weighted by Crippen LogP contribution is -2.52. The van der Waals surface area contributed by atoms with E-state index in [0.717, 1.165) is 16.5 Å². The van der Waals surface area contributed by atoms with Gasteiger partial charge in [-0.3, -0.25) is 14.4 Å². The third-order valence-corrected chi connectivity index (χ3v) is 7.88. The predicted octanol–water partition coefficient (Wildman–Crippen LogP) is 2.93. The number of carbonyl (C=O) groups is 3. The van der Waals surface area contributed by atoms with Crippen LogP contribution >= 0.6 is 15.9 Å². The van der Waals surface area contributed by atoms with E-state index in [2.05, 4.69) is 21.2 Å². The summed E-state index contributed by atoms with van der Waals surface area (Å²) in [5.74, 6) is -1.75. The molecule has 0 unspecified atom stereocenters. The van der Waals surface area contributed by atoms with Crippen LogP contribution in [0.4, 0.5) is 0 Å². The summed E-state index contributed by atoms with van der Waals surface area (Å²) in [6.45, 7) is 4.76. The number of hydrogen-bond donors (Lipinski definition) is 1. The first-order valence-corrected chi connectivity index (χ1v) is 12.8. The molecule has 1 aliphatic rings. The highest BCUT2D eigenvalue weighted by molar-refractivity contribution is 9.10. The Morgan fingerprint density at radius 1 is 1.12 bits per heavy atom. The molecular formula is C23H26BrN3O5S. The first-order valence-electron chi connectivity index (χ1n) is 10.6. The lowest BCUT2D eigenvalue weighted by Gasteiger charge is -2.31. The summed E-state index contributed by atoms with van der Waals surface area (Å²) >= 11 is 3.39. The zero-order valence-electron chi connectivity index (χ0n) is 18.6. The van der Waals surface area contributed by atoms with Crippen molar-refractivity contribution in [2.24, 2.45) is 0 Å². The number of halogens is 1. The van der Waals surface area contributed by atoms with Crippen molar-refractivity contribution in [3.8, 4) is 0 Å². The third-order valence-electron chi connectivity index (χ3n) is 5.60. The van der Waals surface area contributed by atoms with Crippen LogP contribution in [0.1, 0.15) is 43.1 Å². The maximum Gasteiger partial charge on any atom is 0.269 e. The minimum atomic E-state index is -4.14. The van der Waals surface area contributed by atoms with Gasteiger partial charge >= 0.3 is 0 Å². The van der Waals surface area contributed by atoms with Crippen LogP contribution in [0.5, 0.6) is 0 Å². The predicted molar refractivity (Wildman–Crippen MR) is 127 cm³/mol. The number of amides is 3. The van der Waals surface area contributed by atoms with E-state index in [0.29, 0.717) is 4.31 Å². The molecular weight excluding hydrogens is 510 g/mol. The molecule has 10 heteroatoms. The largest absolute Gasteiger partial charge is 0.352 e. The van der Waals surface area contributed by atoms with E-state index in [1.807, 2.05) is 26.0 Å². The van der Waals surface area contributed by atoms with Crippen LogP contribution in [-0.2, 0) is 26.2 Å². The van der Waals surface area contributed by atoms with Crippen LogP contribution < -0.4 is 5.32 Å². The van der Waals surface area contributed by atoms with E-state index in [9.17, 15) is 22.8 Å². The van der Waals surface area contributed by atoms with E-state index in [4.69, 9.17) is 0 Å². The molecule has 2 aromatic carbocycles. The van der Waals surface area contributed by atoms with Crippen LogP contribution in [0.15, 0.2) is 57.9 Å². The summed E-state index contributed by atoms with van der Waals surface area (Å²) in [7, 11) is -4.14. The summed E-state index contributed by atoms with van der Waals surface area (Å²) in [4.78, 5) is 40.1. The molecule has 176 valence electrons. The minimum absolute atomic E-state index is 0.0337. The molecule has 1 aliphatic heterocycles. The quantitative estimate of drug-likeness (QED) is 0.559. The summed E-state index contributed by atoms with van der Waals surface area (Å²) in [5, 5.41) is 2.85. The van der Waals surface area contributed by atoms with Gasteiger partial charge in [0.2, 0.25) is 11.8 Å². The molecule has 0 spiro atoms. The molecule has 0 bridgehead atoms. The van der Waals surface area contributed by atoms with Gasteiger partial charge in [-0.1, -0.05) is 47.1 Å². The highest BCUT2D eigenvalue weighted by Crippen LogP contribution is 2.30. The highest BCUT2D eigenvalue weighted by Gasteiger charge is 2.43. The van der Waals surface area contributed by atoms with Crippen molar-refractivity contribution >= 4 is 43.7 Å². The van der Waals surface area contributed by atoms with Crippen molar-refractivity contribution in [3.63, 3.8) is 0 Å². The second-order valence-corrected chi connectivity index (χ2v) is 10.7. The van der Waals surface area contributed by atoms with Gasteiger partial charge in [0.05, 0.1) is 5.56 Å². The van der Waals surface area contributed by atoms with Crippen molar-refractivity contribution in [2.45, 2.75) is 50.7 Å². The molecule has 0 saturated heterocycles. The lowest BCUT2D eigenvalue weighted by molar-refractivity contribution is -0.140. The Hall–Kier alpha value is -2.72. The maximum atomic E-state index is 13.4. The van der Waals surface area contributed by atoms with E-state index in [-0.39, 0.29) is 29.0 Å². The summed E-state index contributed by atoms with van der Waals surface area (Å²) in [6.07, 6.45) is 0.719. The SMILES string of the molecule is CC[C@H](C)NC(=O)[C@H](C)N(Cc1cccc(Br)c1)C(=O)CN1C(=O)c2ccccc2S1(=O)=O. The zero-order chi connectivity index (χ0) is 24.3. The van der Waals surface area contributed by atoms with Gasteiger partial charge in [0.1, 0.15) is 17.5 Å². The smallest absolute Gasteiger partial charge is 0.269 e. The Morgan fingerprint density at radius 3 is 2.45 bits per heavy atom. The third kappa shape index (κ3) is 5.27. The van der Waals surface area contributed by atoms with Gasteiger partial charge < -0.3 is 10.2 Å². The van der Waals surface area contributed by atoms with Crippen LogP contribution in [0.2, 0.25) is 0 Å². The van der Waals surface area contributed by atoms with Gasteiger partial charge in [-0.15, -0.1) is 0 Å². The monoisotopic (exact) mass is 535 g/mol. The second-order valence-electron chi connectivity index (χ2n) is 7.96. The van der Waals surface area contributed by atoms with Gasteiger partial charge in [-0.05, 0) is 50.1 Å². The molecule has 0 aliphatic carbocycles. The molecule has 2 aromatic rings. The van der Waals surface area contributed by atoms with Crippen molar-refractivity contribution in [2.75, 3.05) is 6.54 Å². The molecule has 0 fully saturated rings. The molecule has 1 N–H and O–H groups in total. The van der Waals surface area contributed by atoms with E-state index in [1.54, 1.807) is 25.1 Å². The number of carbonyl (C=O) groups excluding carboxylic acids is 3. The first kappa shape index (κ1) is 24.9. The highest BCUT2D eigenvalue weighted by atomic mass is 79.9. The maximum absolute atomic E-state index is 13.4. The fraction of sp³-hybridized carbons (Fsp3) is 0.348.